The molecule has 0 fully saturated rings. The highest BCUT2D eigenvalue weighted by molar-refractivity contribution is 6.05. The van der Waals surface area contributed by atoms with Crippen LogP contribution in [-0.2, 0) is 11.2 Å². The molecule has 2 aromatic carbocycles. The van der Waals surface area contributed by atoms with Crippen molar-refractivity contribution in [3.63, 3.8) is 0 Å². The number of aliphatic carboxylic acids is 1. The normalized spacial score (nSPS) is 15.4. The number of nitrogens with two attached hydrogens (primary N) is 1. The third-order valence-electron chi connectivity index (χ3n) is 4.27. The lowest BCUT2D eigenvalue weighted by Gasteiger charge is -2.25. The molecule has 1 heterocycles. The Morgan fingerprint density at radius 3 is 2.74 bits per heavy atom. The highest BCUT2D eigenvalue weighted by Crippen LogP contribution is 2.31. The molecule has 5 N–H and O–H groups in total. The van der Waals surface area contributed by atoms with Crippen LogP contribution in [-0.4, -0.2) is 28.9 Å². The van der Waals surface area contributed by atoms with E-state index in [2.05, 4.69) is 5.32 Å². The summed E-state index contributed by atoms with van der Waals surface area (Å²) in [5.41, 5.74) is 6.68. The summed E-state index contributed by atoms with van der Waals surface area (Å²) in [4.78, 5) is 23.1. The molecule has 0 saturated heterocycles. The van der Waals surface area contributed by atoms with E-state index in [0.29, 0.717) is 24.3 Å². The van der Waals surface area contributed by atoms with Gasteiger partial charge in [0.25, 0.3) is 5.91 Å². The number of carboxylic acid groups (broad SMARTS) is 1. The fourth-order valence-corrected chi connectivity index (χ4v) is 2.93. The number of aryl methyl sites for hydroxylation is 1. The van der Waals surface area contributed by atoms with E-state index in [1.54, 1.807) is 18.2 Å². The van der Waals surface area contributed by atoms with Crippen LogP contribution in [0.3, 0.4) is 0 Å². The molecule has 7 nitrogen and oxygen atoms in total. The number of anilines is 1. The molecule has 1 amide bonds. The van der Waals surface area contributed by atoms with Gasteiger partial charge in [0, 0.05) is 11.3 Å². The number of carbonyl (C=O) groups excluding carboxylic acids is 1. The molecule has 0 saturated carbocycles. The van der Waals surface area contributed by atoms with Crippen molar-refractivity contribution in [2.75, 3.05) is 5.32 Å². The van der Waals surface area contributed by atoms with Gasteiger partial charge in [0.15, 0.2) is 0 Å². The zero-order chi connectivity index (χ0) is 19.6. The number of hydrogen-bond acceptors (Lipinski definition) is 4. The lowest BCUT2D eigenvalue weighted by Crippen LogP contribution is -2.25. The average Bonchev–Trinajstić information content (AvgIpc) is 2.61. The maximum absolute atomic E-state index is 14.1. The third-order valence-corrected chi connectivity index (χ3v) is 4.27. The van der Waals surface area contributed by atoms with Crippen LogP contribution in [0.5, 0.6) is 5.75 Å². The summed E-state index contributed by atoms with van der Waals surface area (Å²) in [5, 5.41) is 18.8. The fraction of sp³-hybridized carbons (Fsp3) is 0.211. The first-order chi connectivity index (χ1) is 12.8. The van der Waals surface area contributed by atoms with Gasteiger partial charge in [-0.15, -0.1) is 0 Å². The number of hydrogen-bond donors (Lipinski definition) is 4. The molecule has 0 radical (unpaired) electrons. The largest absolute Gasteiger partial charge is 0.490 e. The molecule has 8 heteroatoms. The summed E-state index contributed by atoms with van der Waals surface area (Å²) >= 11 is 0. The van der Waals surface area contributed by atoms with Crippen LogP contribution in [0.4, 0.5) is 10.1 Å². The SMILES string of the molecule is N=C(N)c1ccc(C(=O)Nc2ccc3c(c2)CC[C@H](CC(=O)O)O3)c(F)c1. The van der Waals surface area contributed by atoms with Crippen LogP contribution in [0.15, 0.2) is 36.4 Å². The minimum atomic E-state index is -0.912. The highest BCUT2D eigenvalue weighted by atomic mass is 19.1. The Morgan fingerprint density at radius 2 is 2.07 bits per heavy atom. The lowest BCUT2D eigenvalue weighted by molar-refractivity contribution is -0.139. The Bertz CT molecular complexity index is 929. The monoisotopic (exact) mass is 371 g/mol. The van der Waals surface area contributed by atoms with Gasteiger partial charge in [-0.05, 0) is 48.7 Å². The number of carboxylic acids is 1. The molecule has 1 atom stereocenters. The first-order valence-electron chi connectivity index (χ1n) is 8.30. The van der Waals surface area contributed by atoms with Crippen LogP contribution in [0.2, 0.25) is 0 Å². The Morgan fingerprint density at radius 1 is 1.30 bits per heavy atom. The summed E-state index contributed by atoms with van der Waals surface area (Å²) in [6, 6.07) is 8.73. The Labute approximate surface area is 154 Å². The topological polar surface area (TPSA) is 126 Å². The van der Waals surface area contributed by atoms with E-state index in [-0.39, 0.29) is 29.5 Å². The lowest BCUT2D eigenvalue weighted by atomic mass is 10.00. The number of rotatable bonds is 5. The van der Waals surface area contributed by atoms with Gasteiger partial charge in [-0.2, -0.15) is 0 Å². The molecule has 140 valence electrons. The molecule has 1 aliphatic rings. The van der Waals surface area contributed by atoms with Gasteiger partial charge in [0.05, 0.1) is 12.0 Å². The minimum Gasteiger partial charge on any atom is -0.490 e. The first kappa shape index (κ1) is 18.4. The molecule has 27 heavy (non-hydrogen) atoms. The van der Waals surface area contributed by atoms with Crippen molar-refractivity contribution in [1.29, 1.82) is 5.41 Å². The number of nitrogens with one attached hydrogen (secondary N) is 2. The van der Waals surface area contributed by atoms with E-state index in [1.165, 1.54) is 12.1 Å². The zero-order valence-corrected chi connectivity index (χ0v) is 14.3. The van der Waals surface area contributed by atoms with E-state index in [0.717, 1.165) is 11.6 Å². The van der Waals surface area contributed by atoms with Gasteiger partial charge in [-0.25, -0.2) is 4.39 Å². The molecule has 0 spiro atoms. The third kappa shape index (κ3) is 4.22. The van der Waals surface area contributed by atoms with E-state index < -0.39 is 17.7 Å². The van der Waals surface area contributed by atoms with Crippen molar-refractivity contribution in [2.24, 2.45) is 5.73 Å². The number of nitrogen functional groups attached to an aromatic ring is 1. The summed E-state index contributed by atoms with van der Waals surface area (Å²) in [6.45, 7) is 0. The molecule has 2 aromatic rings. The summed E-state index contributed by atoms with van der Waals surface area (Å²) in [7, 11) is 0. The zero-order valence-electron chi connectivity index (χ0n) is 14.3. The van der Waals surface area contributed by atoms with Crippen molar-refractivity contribution in [3.8, 4) is 5.75 Å². The van der Waals surface area contributed by atoms with Crippen molar-refractivity contribution in [2.45, 2.75) is 25.4 Å². The van der Waals surface area contributed by atoms with Gasteiger partial charge in [0.2, 0.25) is 0 Å². The second kappa shape index (κ2) is 7.45. The summed E-state index contributed by atoms with van der Waals surface area (Å²) < 4.78 is 19.8. The van der Waals surface area contributed by atoms with Gasteiger partial charge >= 0.3 is 5.97 Å². The van der Waals surface area contributed by atoms with Gasteiger partial charge in [-0.3, -0.25) is 15.0 Å². The Balaban J connectivity index is 1.73. The number of amidine groups is 1. The number of halogens is 1. The molecule has 1 aliphatic heterocycles. The molecule has 3 rings (SSSR count). The highest BCUT2D eigenvalue weighted by Gasteiger charge is 2.22. The Kier molecular flexibility index (Phi) is 5.07. The molecular weight excluding hydrogens is 353 g/mol. The van der Waals surface area contributed by atoms with Crippen LogP contribution in [0, 0.1) is 11.2 Å². The smallest absolute Gasteiger partial charge is 0.307 e. The Hall–Kier alpha value is -3.42. The van der Waals surface area contributed by atoms with E-state index >= 15 is 0 Å². The average molecular weight is 371 g/mol. The fourth-order valence-electron chi connectivity index (χ4n) is 2.93. The van der Waals surface area contributed by atoms with Crippen LogP contribution in [0.25, 0.3) is 0 Å². The minimum absolute atomic E-state index is 0.0620. The maximum atomic E-state index is 14.1. The predicted octanol–water partition coefficient (Wildman–Crippen LogP) is 2.53. The van der Waals surface area contributed by atoms with Crippen LogP contribution in [0.1, 0.15) is 34.3 Å². The second-order valence-corrected chi connectivity index (χ2v) is 6.26. The van der Waals surface area contributed by atoms with Gasteiger partial charge in [-0.1, -0.05) is 6.07 Å². The maximum Gasteiger partial charge on any atom is 0.307 e. The van der Waals surface area contributed by atoms with Gasteiger partial charge < -0.3 is 20.9 Å². The van der Waals surface area contributed by atoms with Crippen molar-refractivity contribution >= 4 is 23.4 Å². The number of amides is 1. The predicted molar refractivity (Wildman–Crippen MR) is 96.8 cm³/mol. The number of carbonyl (C=O) groups is 2. The molecule has 0 bridgehead atoms. The molecular formula is C19H18FN3O4. The van der Waals surface area contributed by atoms with E-state index in [9.17, 15) is 14.0 Å². The van der Waals surface area contributed by atoms with Crippen LogP contribution >= 0.6 is 0 Å². The van der Waals surface area contributed by atoms with E-state index in [1.807, 2.05) is 0 Å². The number of ether oxygens (including phenoxy) is 1. The standard InChI is InChI=1S/C19H18FN3O4/c20-15-8-11(18(21)22)2-5-14(15)19(26)23-12-3-6-16-10(7-12)1-4-13(27-16)9-17(24)25/h2-3,5-8,13H,1,4,9H2,(H3,21,22)(H,23,26)(H,24,25)/t13-/m1/s1. The van der Waals surface area contributed by atoms with Crippen molar-refractivity contribution in [1.82, 2.24) is 0 Å². The summed E-state index contributed by atoms with van der Waals surface area (Å²) in [5.74, 6) is -1.99. The van der Waals surface area contributed by atoms with Gasteiger partial charge in [0.1, 0.15) is 23.5 Å². The first-order valence-corrected chi connectivity index (χ1v) is 8.30. The number of benzene rings is 2. The summed E-state index contributed by atoms with van der Waals surface area (Å²) in [6.07, 6.45) is 0.758. The van der Waals surface area contributed by atoms with Crippen molar-refractivity contribution < 1.29 is 23.8 Å². The quantitative estimate of drug-likeness (QED) is 0.475. The van der Waals surface area contributed by atoms with E-state index in [4.69, 9.17) is 21.0 Å². The second-order valence-electron chi connectivity index (χ2n) is 6.26. The molecule has 0 unspecified atom stereocenters. The number of fused-ring (bicyclic) bond motifs is 1. The van der Waals surface area contributed by atoms with Crippen LogP contribution < -0.4 is 15.8 Å². The molecule has 0 aromatic heterocycles. The van der Waals surface area contributed by atoms with Crippen molar-refractivity contribution in [3.05, 3.63) is 58.9 Å². The molecule has 0 aliphatic carbocycles.